The van der Waals surface area contributed by atoms with Gasteiger partial charge in [0.05, 0.1) is 18.5 Å². The number of hydrogen-bond acceptors (Lipinski definition) is 4. The monoisotopic (exact) mass is 319 g/mol. The highest BCUT2D eigenvalue weighted by molar-refractivity contribution is 7.88. The normalized spacial score (nSPS) is 29.4. The quantitative estimate of drug-likeness (QED) is 0.790. The maximum absolute atomic E-state index is 12.3. The van der Waals surface area contributed by atoms with Crippen LogP contribution in [0.3, 0.4) is 0 Å². The van der Waals surface area contributed by atoms with Gasteiger partial charge < -0.3 is 15.0 Å². The smallest absolute Gasteiger partial charge is 0.317 e. The van der Waals surface area contributed by atoms with Crippen LogP contribution in [0.1, 0.15) is 26.7 Å². The second-order valence-corrected chi connectivity index (χ2v) is 8.03. The zero-order valence-electron chi connectivity index (χ0n) is 12.9. The van der Waals surface area contributed by atoms with Crippen molar-refractivity contribution in [3.8, 4) is 0 Å². The lowest BCUT2D eigenvalue weighted by Gasteiger charge is -2.37. The molecule has 2 saturated heterocycles. The lowest BCUT2D eigenvalue weighted by molar-refractivity contribution is -0.0548. The van der Waals surface area contributed by atoms with Gasteiger partial charge >= 0.3 is 6.03 Å². The van der Waals surface area contributed by atoms with E-state index in [9.17, 15) is 13.2 Å². The van der Waals surface area contributed by atoms with Crippen LogP contribution in [-0.2, 0) is 14.8 Å². The van der Waals surface area contributed by atoms with Crippen molar-refractivity contribution in [3.63, 3.8) is 0 Å². The summed E-state index contributed by atoms with van der Waals surface area (Å²) in [5, 5.41) is 3.01. The molecule has 0 aliphatic carbocycles. The van der Waals surface area contributed by atoms with Gasteiger partial charge in [0.15, 0.2) is 0 Å². The van der Waals surface area contributed by atoms with E-state index in [4.69, 9.17) is 4.74 Å². The summed E-state index contributed by atoms with van der Waals surface area (Å²) in [5.41, 5.74) is 0. The number of hydrogen-bond donors (Lipinski definition) is 1. The van der Waals surface area contributed by atoms with E-state index in [0.717, 1.165) is 0 Å². The van der Waals surface area contributed by atoms with Gasteiger partial charge in [-0.2, -0.15) is 0 Å². The zero-order chi connectivity index (χ0) is 15.6. The minimum atomic E-state index is -3.12. The fourth-order valence-electron chi connectivity index (χ4n) is 2.94. The third-order valence-corrected chi connectivity index (χ3v) is 5.26. The van der Waals surface area contributed by atoms with Crippen molar-refractivity contribution in [2.75, 3.05) is 32.4 Å². The van der Waals surface area contributed by atoms with Gasteiger partial charge in [0.1, 0.15) is 0 Å². The summed E-state index contributed by atoms with van der Waals surface area (Å²) in [7, 11) is -3.12. The molecule has 0 aromatic rings. The number of urea groups is 1. The minimum Gasteiger partial charge on any atom is -0.372 e. The van der Waals surface area contributed by atoms with Gasteiger partial charge in [-0.25, -0.2) is 17.5 Å². The molecule has 7 nitrogen and oxygen atoms in total. The van der Waals surface area contributed by atoms with Gasteiger partial charge in [-0.15, -0.1) is 0 Å². The van der Waals surface area contributed by atoms with Gasteiger partial charge in [-0.3, -0.25) is 0 Å². The number of carbonyl (C=O) groups is 1. The molecule has 0 bridgehead atoms. The first-order valence-electron chi connectivity index (χ1n) is 7.41. The topological polar surface area (TPSA) is 79.0 Å². The molecule has 21 heavy (non-hydrogen) atoms. The van der Waals surface area contributed by atoms with E-state index in [-0.39, 0.29) is 24.3 Å². The van der Waals surface area contributed by atoms with Crippen molar-refractivity contribution >= 4 is 16.1 Å². The molecule has 2 unspecified atom stereocenters. The second-order valence-electron chi connectivity index (χ2n) is 6.05. The number of piperidine rings is 1. The first-order valence-corrected chi connectivity index (χ1v) is 9.26. The molecular formula is C13H25N3O4S. The van der Waals surface area contributed by atoms with Crippen LogP contribution in [0.2, 0.25) is 0 Å². The standard InChI is InChI=1S/C13H25N3O4S/c1-10-8-15(9-11(2)20-10)13(17)14-12-4-6-16(7-5-12)21(3,18)19/h10-12H,4-9H2,1-3H3,(H,14,17). The molecule has 0 aromatic heterocycles. The predicted octanol–water partition coefficient (Wildman–Crippen LogP) is 0.229. The predicted molar refractivity (Wildman–Crippen MR) is 79.6 cm³/mol. The molecule has 2 rings (SSSR count). The van der Waals surface area contributed by atoms with Crippen LogP contribution in [0.15, 0.2) is 0 Å². The third-order valence-electron chi connectivity index (χ3n) is 3.96. The van der Waals surface area contributed by atoms with Crippen LogP contribution in [0.5, 0.6) is 0 Å². The number of nitrogens with zero attached hydrogens (tertiary/aromatic N) is 2. The Balaban J connectivity index is 1.82. The number of morpholine rings is 1. The van der Waals surface area contributed by atoms with Crippen molar-refractivity contribution in [2.45, 2.75) is 44.9 Å². The Bertz CT molecular complexity index is 464. The Kier molecular flexibility index (Phi) is 5.11. The van der Waals surface area contributed by atoms with Crippen molar-refractivity contribution in [2.24, 2.45) is 0 Å². The summed E-state index contributed by atoms with van der Waals surface area (Å²) in [6, 6.07) is -0.0289. The van der Waals surface area contributed by atoms with Crippen molar-refractivity contribution in [3.05, 3.63) is 0 Å². The molecule has 0 radical (unpaired) electrons. The van der Waals surface area contributed by atoms with E-state index < -0.39 is 10.0 Å². The van der Waals surface area contributed by atoms with Crippen LogP contribution in [-0.4, -0.2) is 74.3 Å². The highest BCUT2D eigenvalue weighted by Crippen LogP contribution is 2.15. The Labute approximate surface area is 126 Å². The van der Waals surface area contributed by atoms with Gasteiger partial charge in [-0.05, 0) is 26.7 Å². The Hall–Kier alpha value is -0.860. The third kappa shape index (κ3) is 4.55. The lowest BCUT2D eigenvalue weighted by Crippen LogP contribution is -2.55. The molecule has 2 aliphatic rings. The van der Waals surface area contributed by atoms with E-state index in [1.807, 2.05) is 13.8 Å². The van der Waals surface area contributed by atoms with E-state index in [1.54, 1.807) is 4.90 Å². The van der Waals surface area contributed by atoms with Crippen LogP contribution in [0.4, 0.5) is 4.79 Å². The molecule has 2 amide bonds. The number of ether oxygens (including phenoxy) is 1. The van der Waals surface area contributed by atoms with Crippen LogP contribution in [0.25, 0.3) is 0 Å². The SMILES string of the molecule is CC1CN(C(=O)NC2CCN(S(C)(=O)=O)CC2)CC(C)O1. The van der Waals surface area contributed by atoms with E-state index >= 15 is 0 Å². The average Bonchev–Trinajstić information content (AvgIpc) is 2.37. The summed E-state index contributed by atoms with van der Waals surface area (Å²) in [6.45, 7) is 6.05. The van der Waals surface area contributed by atoms with Crippen LogP contribution >= 0.6 is 0 Å². The summed E-state index contributed by atoms with van der Waals surface area (Å²) in [4.78, 5) is 14.0. The number of amides is 2. The Morgan fingerprint density at radius 1 is 1.14 bits per heavy atom. The van der Waals surface area contributed by atoms with Gasteiger partial charge in [0.25, 0.3) is 0 Å². The molecule has 122 valence electrons. The molecule has 0 saturated carbocycles. The molecule has 2 heterocycles. The zero-order valence-corrected chi connectivity index (χ0v) is 13.7. The van der Waals surface area contributed by atoms with Crippen LogP contribution in [0, 0.1) is 0 Å². The first kappa shape index (κ1) is 16.5. The van der Waals surface area contributed by atoms with Crippen LogP contribution < -0.4 is 5.32 Å². The van der Waals surface area contributed by atoms with Crippen molar-refractivity contribution in [1.29, 1.82) is 0 Å². The summed E-state index contributed by atoms with van der Waals surface area (Å²) < 4.78 is 30.0. The summed E-state index contributed by atoms with van der Waals surface area (Å²) in [6.07, 6.45) is 2.64. The number of sulfonamides is 1. The van der Waals surface area contributed by atoms with Crippen molar-refractivity contribution in [1.82, 2.24) is 14.5 Å². The molecule has 0 spiro atoms. The number of rotatable bonds is 2. The average molecular weight is 319 g/mol. The maximum Gasteiger partial charge on any atom is 0.317 e. The van der Waals surface area contributed by atoms with Gasteiger partial charge in [0, 0.05) is 32.2 Å². The molecule has 2 aliphatic heterocycles. The van der Waals surface area contributed by atoms with Gasteiger partial charge in [0.2, 0.25) is 10.0 Å². The van der Waals surface area contributed by atoms with E-state index in [0.29, 0.717) is 39.0 Å². The van der Waals surface area contributed by atoms with Crippen molar-refractivity contribution < 1.29 is 17.9 Å². The highest BCUT2D eigenvalue weighted by atomic mass is 32.2. The summed E-state index contributed by atoms with van der Waals surface area (Å²) in [5.74, 6) is 0. The van der Waals surface area contributed by atoms with E-state index in [2.05, 4.69) is 5.32 Å². The number of carbonyl (C=O) groups excluding carboxylic acids is 1. The Morgan fingerprint density at radius 3 is 2.14 bits per heavy atom. The largest absolute Gasteiger partial charge is 0.372 e. The number of nitrogens with one attached hydrogen (secondary N) is 1. The molecule has 2 fully saturated rings. The fraction of sp³-hybridized carbons (Fsp3) is 0.923. The van der Waals surface area contributed by atoms with E-state index in [1.165, 1.54) is 10.6 Å². The highest BCUT2D eigenvalue weighted by Gasteiger charge is 2.29. The minimum absolute atomic E-state index is 0.0453. The lowest BCUT2D eigenvalue weighted by atomic mass is 10.1. The fourth-order valence-corrected chi connectivity index (χ4v) is 3.82. The Morgan fingerprint density at radius 2 is 1.67 bits per heavy atom. The molecule has 8 heteroatoms. The summed E-state index contributed by atoms with van der Waals surface area (Å²) >= 11 is 0. The molecule has 2 atom stereocenters. The second kappa shape index (κ2) is 6.50. The molecular weight excluding hydrogens is 294 g/mol. The maximum atomic E-state index is 12.3. The first-order chi connectivity index (χ1) is 9.75. The molecule has 0 aromatic carbocycles. The molecule has 1 N–H and O–H groups in total. The van der Waals surface area contributed by atoms with Gasteiger partial charge in [-0.1, -0.05) is 0 Å².